The smallest absolute Gasteiger partial charge is 0.135 e. The van der Waals surface area contributed by atoms with Crippen LogP contribution in [0, 0.1) is 0 Å². The van der Waals surface area contributed by atoms with Crippen molar-refractivity contribution in [1.29, 1.82) is 0 Å². The number of ether oxygens (including phenoxy) is 1. The molecule has 0 aliphatic carbocycles. The summed E-state index contributed by atoms with van der Waals surface area (Å²) in [5, 5.41) is 0.698. The fourth-order valence-corrected chi connectivity index (χ4v) is 2.53. The SMILES string of the molecule is Clc1ccc2c(c1)C(Br)=Cc1ccccc1O2. The maximum absolute atomic E-state index is 6.00. The normalized spacial score (nSPS) is 12.9. The Kier molecular flexibility index (Phi) is 2.69. The lowest BCUT2D eigenvalue weighted by atomic mass is 10.1. The fraction of sp³-hybridized carbons (Fsp3) is 0. The van der Waals surface area contributed by atoms with Crippen LogP contribution in [0.15, 0.2) is 42.5 Å². The summed E-state index contributed by atoms with van der Waals surface area (Å²) < 4.78 is 6.86. The minimum atomic E-state index is 0.698. The predicted molar refractivity (Wildman–Crippen MR) is 74.8 cm³/mol. The molecule has 1 aliphatic rings. The van der Waals surface area contributed by atoms with Crippen molar-refractivity contribution in [3.8, 4) is 11.5 Å². The van der Waals surface area contributed by atoms with Crippen LogP contribution in [0.5, 0.6) is 11.5 Å². The van der Waals surface area contributed by atoms with Gasteiger partial charge >= 0.3 is 0 Å². The van der Waals surface area contributed by atoms with Gasteiger partial charge in [-0.2, -0.15) is 0 Å². The number of rotatable bonds is 0. The van der Waals surface area contributed by atoms with E-state index in [9.17, 15) is 0 Å². The number of fused-ring (bicyclic) bond motifs is 2. The van der Waals surface area contributed by atoms with E-state index in [4.69, 9.17) is 16.3 Å². The van der Waals surface area contributed by atoms with Crippen LogP contribution < -0.4 is 4.74 Å². The van der Waals surface area contributed by atoms with Crippen LogP contribution in [0.2, 0.25) is 5.02 Å². The van der Waals surface area contributed by atoms with Crippen LogP contribution in [-0.2, 0) is 0 Å². The van der Waals surface area contributed by atoms with Crippen molar-refractivity contribution in [2.24, 2.45) is 0 Å². The quantitative estimate of drug-likeness (QED) is 0.638. The van der Waals surface area contributed by atoms with Crippen LogP contribution in [0.25, 0.3) is 10.6 Å². The van der Waals surface area contributed by atoms with Gasteiger partial charge in [0.05, 0.1) is 0 Å². The molecule has 0 fully saturated rings. The topological polar surface area (TPSA) is 9.23 Å². The van der Waals surface area contributed by atoms with E-state index in [1.807, 2.05) is 48.5 Å². The molecule has 0 radical (unpaired) electrons. The molecular weight excluding hydrogens is 300 g/mol. The molecule has 2 aromatic rings. The van der Waals surface area contributed by atoms with Gasteiger partial charge in [0, 0.05) is 20.6 Å². The van der Waals surface area contributed by atoms with Crippen LogP contribution in [0.4, 0.5) is 0 Å². The third kappa shape index (κ3) is 1.99. The summed E-state index contributed by atoms with van der Waals surface area (Å²) in [6.07, 6.45) is 2.04. The molecule has 3 heteroatoms. The molecule has 0 bridgehead atoms. The minimum Gasteiger partial charge on any atom is -0.456 e. The summed E-state index contributed by atoms with van der Waals surface area (Å²) in [4.78, 5) is 0. The van der Waals surface area contributed by atoms with Gasteiger partial charge in [-0.1, -0.05) is 45.7 Å². The zero-order chi connectivity index (χ0) is 11.8. The van der Waals surface area contributed by atoms with Gasteiger partial charge in [0.25, 0.3) is 0 Å². The largest absolute Gasteiger partial charge is 0.456 e. The Morgan fingerprint density at radius 3 is 2.71 bits per heavy atom. The average Bonchev–Trinajstić information content (AvgIpc) is 2.46. The molecule has 0 amide bonds. The highest BCUT2D eigenvalue weighted by Gasteiger charge is 2.14. The lowest BCUT2D eigenvalue weighted by Crippen LogP contribution is -1.87. The Labute approximate surface area is 113 Å². The van der Waals surface area contributed by atoms with Gasteiger partial charge in [0.1, 0.15) is 11.5 Å². The first-order valence-corrected chi connectivity index (χ1v) is 6.35. The molecule has 0 saturated heterocycles. The summed E-state index contributed by atoms with van der Waals surface area (Å²) in [5.41, 5.74) is 2.01. The standard InChI is InChI=1S/C14H8BrClO/c15-12-7-9-3-1-2-4-13(9)17-14-6-5-10(16)8-11(12)14/h1-8H. The van der Waals surface area contributed by atoms with Crippen LogP contribution in [0.3, 0.4) is 0 Å². The minimum absolute atomic E-state index is 0.698. The van der Waals surface area contributed by atoms with Gasteiger partial charge in [-0.05, 0) is 30.3 Å². The van der Waals surface area contributed by atoms with E-state index in [0.29, 0.717) is 5.02 Å². The molecular formula is C14H8BrClO. The van der Waals surface area contributed by atoms with E-state index < -0.39 is 0 Å². The van der Waals surface area contributed by atoms with Crippen molar-refractivity contribution in [2.45, 2.75) is 0 Å². The Morgan fingerprint density at radius 2 is 1.82 bits per heavy atom. The molecule has 0 unspecified atom stereocenters. The number of benzene rings is 2. The second-order valence-corrected chi connectivity index (χ2v) is 5.06. The van der Waals surface area contributed by atoms with Crippen LogP contribution in [-0.4, -0.2) is 0 Å². The first kappa shape index (κ1) is 10.9. The van der Waals surface area contributed by atoms with E-state index >= 15 is 0 Å². The second-order valence-electron chi connectivity index (χ2n) is 3.77. The monoisotopic (exact) mass is 306 g/mol. The van der Waals surface area contributed by atoms with Crippen molar-refractivity contribution in [2.75, 3.05) is 0 Å². The Hall–Kier alpha value is -1.25. The van der Waals surface area contributed by atoms with Crippen molar-refractivity contribution >= 4 is 38.1 Å². The van der Waals surface area contributed by atoms with Crippen molar-refractivity contribution in [3.63, 3.8) is 0 Å². The van der Waals surface area contributed by atoms with Gasteiger partial charge < -0.3 is 4.74 Å². The van der Waals surface area contributed by atoms with Crippen LogP contribution >= 0.6 is 27.5 Å². The molecule has 0 spiro atoms. The van der Waals surface area contributed by atoms with Crippen molar-refractivity contribution < 1.29 is 4.74 Å². The molecule has 0 atom stereocenters. The van der Waals surface area contributed by atoms with Gasteiger partial charge in [0.2, 0.25) is 0 Å². The predicted octanol–water partition coefficient (Wildman–Crippen LogP) is 5.34. The Morgan fingerprint density at radius 1 is 1.00 bits per heavy atom. The van der Waals surface area contributed by atoms with Crippen LogP contribution in [0.1, 0.15) is 11.1 Å². The van der Waals surface area contributed by atoms with E-state index in [0.717, 1.165) is 27.1 Å². The summed E-state index contributed by atoms with van der Waals surface area (Å²) in [6, 6.07) is 13.5. The summed E-state index contributed by atoms with van der Waals surface area (Å²) in [5.74, 6) is 1.66. The Bertz CT molecular complexity index is 619. The van der Waals surface area contributed by atoms with E-state index in [1.165, 1.54) is 0 Å². The maximum atomic E-state index is 6.00. The van der Waals surface area contributed by atoms with Crippen molar-refractivity contribution in [1.82, 2.24) is 0 Å². The summed E-state index contributed by atoms with van der Waals surface area (Å²) in [6.45, 7) is 0. The van der Waals surface area contributed by atoms with Gasteiger partial charge in [-0.25, -0.2) is 0 Å². The second kappa shape index (κ2) is 4.21. The van der Waals surface area contributed by atoms with E-state index in [1.54, 1.807) is 0 Å². The van der Waals surface area contributed by atoms with Gasteiger partial charge in [0.15, 0.2) is 0 Å². The third-order valence-electron chi connectivity index (χ3n) is 2.62. The molecule has 1 nitrogen and oxygen atoms in total. The summed E-state index contributed by atoms with van der Waals surface area (Å²) >= 11 is 9.57. The lowest BCUT2D eigenvalue weighted by molar-refractivity contribution is 0.481. The molecule has 84 valence electrons. The summed E-state index contributed by atoms with van der Waals surface area (Å²) in [7, 11) is 0. The molecule has 1 heterocycles. The molecule has 3 rings (SSSR count). The van der Waals surface area contributed by atoms with Crippen molar-refractivity contribution in [3.05, 3.63) is 58.6 Å². The third-order valence-corrected chi connectivity index (χ3v) is 3.51. The highest BCUT2D eigenvalue weighted by molar-refractivity contribution is 9.15. The fourth-order valence-electron chi connectivity index (χ4n) is 1.80. The number of para-hydroxylation sites is 1. The first-order chi connectivity index (χ1) is 8.24. The average molecular weight is 308 g/mol. The first-order valence-electron chi connectivity index (χ1n) is 5.18. The zero-order valence-electron chi connectivity index (χ0n) is 8.78. The lowest BCUT2D eigenvalue weighted by Gasteiger charge is -2.09. The number of halogens is 2. The number of hydrogen-bond donors (Lipinski definition) is 0. The molecule has 0 saturated carbocycles. The van der Waals surface area contributed by atoms with Gasteiger partial charge in [-0.3, -0.25) is 0 Å². The molecule has 0 aromatic heterocycles. The molecule has 0 N–H and O–H groups in total. The molecule has 1 aliphatic heterocycles. The number of hydrogen-bond acceptors (Lipinski definition) is 1. The maximum Gasteiger partial charge on any atom is 0.135 e. The zero-order valence-corrected chi connectivity index (χ0v) is 11.1. The van der Waals surface area contributed by atoms with Gasteiger partial charge in [-0.15, -0.1) is 0 Å². The van der Waals surface area contributed by atoms with E-state index in [-0.39, 0.29) is 0 Å². The van der Waals surface area contributed by atoms with E-state index in [2.05, 4.69) is 15.9 Å². The molecule has 2 aromatic carbocycles. The highest BCUT2D eigenvalue weighted by atomic mass is 79.9. The highest BCUT2D eigenvalue weighted by Crippen LogP contribution is 2.41. The molecule has 17 heavy (non-hydrogen) atoms. The Balaban J connectivity index is 2.24.